The van der Waals surface area contributed by atoms with Crippen LogP contribution in [-0.2, 0) is 0 Å². The lowest BCUT2D eigenvalue weighted by Gasteiger charge is -2.07. The minimum Gasteiger partial charge on any atom is -0.393 e. The van der Waals surface area contributed by atoms with Gasteiger partial charge in [0.05, 0.1) is 12.2 Å². The second kappa shape index (κ2) is 8.01. The van der Waals surface area contributed by atoms with Gasteiger partial charge >= 0.3 is 0 Å². The van der Waals surface area contributed by atoms with Crippen LogP contribution < -0.4 is 0 Å². The molecule has 0 amide bonds. The Bertz CT molecular complexity index is 150. The van der Waals surface area contributed by atoms with Gasteiger partial charge < -0.3 is 10.2 Å². The Morgan fingerprint density at radius 1 is 1.14 bits per heavy atom. The maximum absolute atomic E-state index is 9.49. The predicted octanol–water partition coefficient (Wildman–Crippen LogP) is 2.50. The number of aliphatic hydroxyl groups is 2. The maximum atomic E-state index is 9.49. The van der Waals surface area contributed by atoms with E-state index in [0.717, 1.165) is 25.7 Å². The predicted molar refractivity (Wildman–Crippen MR) is 60.1 cm³/mol. The van der Waals surface area contributed by atoms with Crippen LogP contribution >= 0.6 is 0 Å². The first-order valence-electron chi connectivity index (χ1n) is 5.55. The van der Waals surface area contributed by atoms with Crippen molar-refractivity contribution in [1.82, 2.24) is 0 Å². The van der Waals surface area contributed by atoms with Crippen molar-refractivity contribution in [3.8, 4) is 0 Å². The molecule has 2 unspecified atom stereocenters. The third kappa shape index (κ3) is 9.75. The van der Waals surface area contributed by atoms with E-state index in [2.05, 4.69) is 13.8 Å². The summed E-state index contributed by atoms with van der Waals surface area (Å²) >= 11 is 0. The van der Waals surface area contributed by atoms with Crippen LogP contribution in [0.2, 0.25) is 0 Å². The van der Waals surface area contributed by atoms with Gasteiger partial charge in [0.2, 0.25) is 0 Å². The monoisotopic (exact) mass is 200 g/mol. The summed E-state index contributed by atoms with van der Waals surface area (Å²) in [5.74, 6) is 0.534. The molecular formula is C12H24O2. The second-order valence-corrected chi connectivity index (χ2v) is 4.40. The molecule has 0 aromatic rings. The van der Waals surface area contributed by atoms with E-state index >= 15 is 0 Å². The minimum absolute atomic E-state index is 0.205. The minimum atomic E-state index is -0.304. The summed E-state index contributed by atoms with van der Waals surface area (Å²) in [5.41, 5.74) is 0. The molecule has 0 aromatic carbocycles. The van der Waals surface area contributed by atoms with E-state index in [1.54, 1.807) is 6.92 Å². The molecule has 0 fully saturated rings. The van der Waals surface area contributed by atoms with Gasteiger partial charge in [0.25, 0.3) is 0 Å². The van der Waals surface area contributed by atoms with Crippen molar-refractivity contribution in [3.05, 3.63) is 12.2 Å². The molecule has 0 aliphatic heterocycles. The number of unbranched alkanes of at least 4 members (excludes halogenated alkanes) is 1. The summed E-state index contributed by atoms with van der Waals surface area (Å²) in [6.07, 6.45) is 6.96. The van der Waals surface area contributed by atoms with Gasteiger partial charge in [-0.05, 0) is 38.5 Å². The van der Waals surface area contributed by atoms with Crippen LogP contribution in [0.4, 0.5) is 0 Å². The summed E-state index contributed by atoms with van der Waals surface area (Å²) < 4.78 is 0. The summed E-state index contributed by atoms with van der Waals surface area (Å²) in [4.78, 5) is 0. The number of hydrogen-bond acceptors (Lipinski definition) is 2. The Labute approximate surface area is 87.7 Å². The lowest BCUT2D eigenvalue weighted by molar-refractivity contribution is 0.181. The highest BCUT2D eigenvalue weighted by atomic mass is 16.3. The Kier molecular flexibility index (Phi) is 7.81. The van der Waals surface area contributed by atoms with Crippen molar-refractivity contribution in [2.24, 2.45) is 5.92 Å². The molecule has 0 bridgehead atoms. The highest BCUT2D eigenvalue weighted by Crippen LogP contribution is 2.07. The molecule has 84 valence electrons. The topological polar surface area (TPSA) is 40.5 Å². The molecule has 2 atom stereocenters. The van der Waals surface area contributed by atoms with Crippen molar-refractivity contribution in [1.29, 1.82) is 0 Å². The van der Waals surface area contributed by atoms with Gasteiger partial charge in [-0.1, -0.05) is 26.0 Å². The Morgan fingerprint density at radius 3 is 2.29 bits per heavy atom. The molecule has 14 heavy (non-hydrogen) atoms. The first-order chi connectivity index (χ1) is 6.52. The summed E-state index contributed by atoms with van der Waals surface area (Å²) in [6, 6.07) is 0. The molecule has 2 heteroatoms. The molecule has 0 aliphatic rings. The van der Waals surface area contributed by atoms with Gasteiger partial charge in [0, 0.05) is 0 Å². The first kappa shape index (κ1) is 13.7. The van der Waals surface area contributed by atoms with E-state index < -0.39 is 0 Å². The molecule has 0 spiro atoms. The van der Waals surface area contributed by atoms with Crippen LogP contribution in [0.15, 0.2) is 12.2 Å². The van der Waals surface area contributed by atoms with Crippen LogP contribution in [0.3, 0.4) is 0 Å². The zero-order valence-electron chi connectivity index (χ0n) is 9.61. The Balaban J connectivity index is 3.42. The zero-order valence-corrected chi connectivity index (χ0v) is 9.61. The molecule has 0 radical (unpaired) electrons. The number of rotatable bonds is 7. The van der Waals surface area contributed by atoms with Crippen molar-refractivity contribution in [2.75, 3.05) is 0 Å². The molecule has 0 aromatic heterocycles. The van der Waals surface area contributed by atoms with Gasteiger partial charge in [-0.15, -0.1) is 0 Å². The fourth-order valence-corrected chi connectivity index (χ4v) is 1.35. The molecule has 0 heterocycles. The van der Waals surface area contributed by atoms with Gasteiger partial charge in [-0.3, -0.25) is 0 Å². The molecule has 0 saturated heterocycles. The Morgan fingerprint density at radius 2 is 1.79 bits per heavy atom. The van der Waals surface area contributed by atoms with E-state index in [1.807, 2.05) is 12.2 Å². The van der Waals surface area contributed by atoms with E-state index in [-0.39, 0.29) is 12.2 Å². The maximum Gasteiger partial charge on any atom is 0.0723 e. The smallest absolute Gasteiger partial charge is 0.0723 e. The highest BCUT2D eigenvalue weighted by Gasteiger charge is 2.01. The van der Waals surface area contributed by atoms with Gasteiger partial charge in [-0.2, -0.15) is 0 Å². The number of aliphatic hydroxyl groups excluding tert-OH is 2. The molecule has 2 N–H and O–H groups in total. The quantitative estimate of drug-likeness (QED) is 0.489. The molecule has 2 nitrogen and oxygen atoms in total. The van der Waals surface area contributed by atoms with E-state index in [9.17, 15) is 5.11 Å². The molecule has 0 rings (SSSR count). The standard InChI is InChI=1S/C12H24O2/c1-10(2)9-12(14)8-6-4-5-7-11(3)13/h6,8,10-14H,4-5,7,9H2,1-3H3/b8-6+. The van der Waals surface area contributed by atoms with E-state index in [1.165, 1.54) is 0 Å². The van der Waals surface area contributed by atoms with Crippen LogP contribution in [0, 0.1) is 5.92 Å². The van der Waals surface area contributed by atoms with E-state index in [4.69, 9.17) is 5.11 Å². The van der Waals surface area contributed by atoms with Gasteiger partial charge in [0.15, 0.2) is 0 Å². The normalized spacial score (nSPS) is 16.4. The molecule has 0 saturated carbocycles. The van der Waals surface area contributed by atoms with Crippen LogP contribution in [-0.4, -0.2) is 22.4 Å². The third-order valence-corrected chi connectivity index (χ3v) is 2.06. The second-order valence-electron chi connectivity index (χ2n) is 4.40. The van der Waals surface area contributed by atoms with Gasteiger partial charge in [-0.25, -0.2) is 0 Å². The highest BCUT2D eigenvalue weighted by molar-refractivity contribution is 4.88. The number of hydrogen-bond donors (Lipinski definition) is 2. The third-order valence-electron chi connectivity index (χ3n) is 2.06. The van der Waals surface area contributed by atoms with Crippen LogP contribution in [0.25, 0.3) is 0 Å². The van der Waals surface area contributed by atoms with Gasteiger partial charge in [0.1, 0.15) is 0 Å². The Hall–Kier alpha value is -0.340. The lowest BCUT2D eigenvalue weighted by atomic mass is 10.1. The fraction of sp³-hybridized carbons (Fsp3) is 0.833. The summed E-state index contributed by atoms with van der Waals surface area (Å²) in [5, 5.41) is 18.5. The number of allylic oxidation sites excluding steroid dienone is 1. The first-order valence-corrected chi connectivity index (χ1v) is 5.55. The largest absolute Gasteiger partial charge is 0.393 e. The lowest BCUT2D eigenvalue weighted by Crippen LogP contribution is -2.06. The van der Waals surface area contributed by atoms with Crippen LogP contribution in [0.1, 0.15) is 46.5 Å². The van der Waals surface area contributed by atoms with Crippen molar-refractivity contribution < 1.29 is 10.2 Å². The zero-order chi connectivity index (χ0) is 11.0. The van der Waals surface area contributed by atoms with E-state index in [0.29, 0.717) is 5.92 Å². The molecular weight excluding hydrogens is 176 g/mol. The average molecular weight is 200 g/mol. The summed E-state index contributed by atoms with van der Waals surface area (Å²) in [7, 11) is 0. The summed E-state index contributed by atoms with van der Waals surface area (Å²) in [6.45, 7) is 6.01. The SMILES string of the molecule is CC(C)CC(O)/C=C/CCCC(C)O. The van der Waals surface area contributed by atoms with Crippen molar-refractivity contribution in [3.63, 3.8) is 0 Å². The molecule has 0 aliphatic carbocycles. The van der Waals surface area contributed by atoms with Crippen LogP contribution in [0.5, 0.6) is 0 Å². The van der Waals surface area contributed by atoms with Crippen molar-refractivity contribution >= 4 is 0 Å². The fourth-order valence-electron chi connectivity index (χ4n) is 1.35. The van der Waals surface area contributed by atoms with Crippen molar-refractivity contribution in [2.45, 2.75) is 58.7 Å². The average Bonchev–Trinajstić information content (AvgIpc) is 2.01.